The number of nitrogens with one attached hydrogen (secondary N) is 1. The lowest BCUT2D eigenvalue weighted by Crippen LogP contribution is -2.36. The van der Waals surface area contributed by atoms with Crippen LogP contribution in [-0.2, 0) is 13.6 Å². The van der Waals surface area contributed by atoms with Gasteiger partial charge in [-0.25, -0.2) is 9.18 Å². The SMILES string of the molecule is Cn1nc(C2CCC2)cc1NC(=O)N(Cc1ccc(F)cc1)C1CC1. The topological polar surface area (TPSA) is 50.2 Å². The lowest BCUT2D eigenvalue weighted by Gasteiger charge is -2.23. The van der Waals surface area contributed by atoms with Gasteiger partial charge in [-0.05, 0) is 43.4 Å². The molecule has 0 spiro atoms. The molecule has 2 saturated carbocycles. The molecule has 132 valence electrons. The molecule has 5 nitrogen and oxygen atoms in total. The van der Waals surface area contributed by atoms with Gasteiger partial charge < -0.3 is 4.90 Å². The first kappa shape index (κ1) is 16.1. The minimum absolute atomic E-state index is 0.116. The molecular weight excluding hydrogens is 319 g/mol. The molecule has 2 fully saturated rings. The van der Waals surface area contributed by atoms with Crippen LogP contribution in [0.4, 0.5) is 15.0 Å². The highest BCUT2D eigenvalue weighted by Gasteiger charge is 2.33. The molecule has 0 radical (unpaired) electrons. The normalized spacial score (nSPS) is 17.2. The van der Waals surface area contributed by atoms with Crippen LogP contribution in [0.25, 0.3) is 0 Å². The first-order chi connectivity index (χ1) is 12.1. The third-order valence-electron chi connectivity index (χ3n) is 5.17. The van der Waals surface area contributed by atoms with Crippen LogP contribution in [0.5, 0.6) is 0 Å². The van der Waals surface area contributed by atoms with Crippen LogP contribution < -0.4 is 5.32 Å². The summed E-state index contributed by atoms with van der Waals surface area (Å²) in [6.07, 6.45) is 5.67. The van der Waals surface area contributed by atoms with Crippen molar-refractivity contribution in [3.05, 3.63) is 47.4 Å². The van der Waals surface area contributed by atoms with Gasteiger partial charge in [0.1, 0.15) is 11.6 Å². The van der Waals surface area contributed by atoms with E-state index in [1.54, 1.807) is 16.8 Å². The number of rotatable bonds is 5. The summed E-state index contributed by atoms with van der Waals surface area (Å²) in [5.41, 5.74) is 2.00. The number of anilines is 1. The Bertz CT molecular complexity index is 762. The summed E-state index contributed by atoms with van der Waals surface area (Å²) in [5.74, 6) is 1.01. The second-order valence-electron chi connectivity index (χ2n) is 7.12. The van der Waals surface area contributed by atoms with Crippen LogP contribution in [0.2, 0.25) is 0 Å². The van der Waals surface area contributed by atoms with E-state index in [0.29, 0.717) is 12.5 Å². The molecule has 0 saturated heterocycles. The zero-order chi connectivity index (χ0) is 17.4. The van der Waals surface area contributed by atoms with Crippen LogP contribution in [0, 0.1) is 5.82 Å². The van der Waals surface area contributed by atoms with Gasteiger partial charge in [-0.15, -0.1) is 0 Å². The first-order valence-corrected chi connectivity index (χ1v) is 8.96. The smallest absolute Gasteiger partial charge is 0.317 e. The van der Waals surface area contributed by atoms with E-state index in [0.717, 1.165) is 29.9 Å². The van der Waals surface area contributed by atoms with Crippen molar-refractivity contribution in [1.29, 1.82) is 0 Å². The van der Waals surface area contributed by atoms with Gasteiger partial charge in [0.2, 0.25) is 0 Å². The van der Waals surface area contributed by atoms with Crippen molar-refractivity contribution in [3.8, 4) is 0 Å². The third kappa shape index (κ3) is 3.52. The molecule has 2 aromatic rings. The van der Waals surface area contributed by atoms with Crippen LogP contribution in [0.1, 0.15) is 49.3 Å². The monoisotopic (exact) mass is 342 g/mol. The van der Waals surface area contributed by atoms with Gasteiger partial charge in [0, 0.05) is 31.6 Å². The Morgan fingerprint density at radius 1 is 1.28 bits per heavy atom. The van der Waals surface area contributed by atoms with Crippen LogP contribution in [0.3, 0.4) is 0 Å². The summed E-state index contributed by atoms with van der Waals surface area (Å²) < 4.78 is 14.8. The number of hydrogen-bond acceptors (Lipinski definition) is 2. The quantitative estimate of drug-likeness (QED) is 0.892. The van der Waals surface area contributed by atoms with E-state index >= 15 is 0 Å². The van der Waals surface area contributed by atoms with E-state index < -0.39 is 0 Å². The molecule has 0 bridgehead atoms. The van der Waals surface area contributed by atoms with Gasteiger partial charge in [0.05, 0.1) is 5.69 Å². The lowest BCUT2D eigenvalue weighted by atomic mass is 9.83. The molecule has 1 aromatic heterocycles. The van der Waals surface area contributed by atoms with E-state index in [1.165, 1.54) is 31.4 Å². The number of aromatic nitrogens is 2. The number of amides is 2. The number of carbonyl (C=O) groups excluding carboxylic acids is 1. The zero-order valence-electron chi connectivity index (χ0n) is 14.4. The highest BCUT2D eigenvalue weighted by Crippen LogP contribution is 2.36. The summed E-state index contributed by atoms with van der Waals surface area (Å²) in [6, 6.07) is 8.48. The van der Waals surface area contributed by atoms with Crippen molar-refractivity contribution in [2.24, 2.45) is 7.05 Å². The Morgan fingerprint density at radius 2 is 2.00 bits per heavy atom. The fourth-order valence-corrected chi connectivity index (χ4v) is 3.23. The Hall–Kier alpha value is -2.37. The molecule has 2 amide bonds. The molecule has 1 heterocycles. The summed E-state index contributed by atoms with van der Waals surface area (Å²) in [5, 5.41) is 7.54. The summed E-state index contributed by atoms with van der Waals surface area (Å²) in [4.78, 5) is 14.6. The highest BCUT2D eigenvalue weighted by atomic mass is 19.1. The average molecular weight is 342 g/mol. The molecule has 1 aromatic carbocycles. The summed E-state index contributed by atoms with van der Waals surface area (Å²) in [7, 11) is 1.86. The van der Waals surface area contributed by atoms with Crippen molar-refractivity contribution >= 4 is 11.8 Å². The molecule has 6 heteroatoms. The Balaban J connectivity index is 1.46. The second-order valence-corrected chi connectivity index (χ2v) is 7.12. The molecule has 4 rings (SSSR count). The number of urea groups is 1. The van der Waals surface area contributed by atoms with Gasteiger partial charge in [-0.1, -0.05) is 18.6 Å². The number of hydrogen-bond donors (Lipinski definition) is 1. The Kier molecular flexibility index (Phi) is 4.19. The van der Waals surface area contributed by atoms with Gasteiger partial charge in [-0.3, -0.25) is 10.00 Å². The molecule has 2 aliphatic rings. The van der Waals surface area contributed by atoms with E-state index in [4.69, 9.17) is 0 Å². The van der Waals surface area contributed by atoms with Crippen molar-refractivity contribution < 1.29 is 9.18 Å². The predicted octanol–water partition coefficient (Wildman–Crippen LogP) is 4.02. The molecule has 0 unspecified atom stereocenters. The van der Waals surface area contributed by atoms with Crippen LogP contribution in [-0.4, -0.2) is 26.8 Å². The molecule has 1 N–H and O–H groups in total. The van der Waals surface area contributed by atoms with Gasteiger partial charge >= 0.3 is 6.03 Å². The average Bonchev–Trinajstić information content (AvgIpc) is 3.31. The fourth-order valence-electron chi connectivity index (χ4n) is 3.23. The standard InChI is InChI=1S/C19H23FN4O/c1-23-18(11-17(22-23)14-3-2-4-14)21-19(25)24(16-9-10-16)12-13-5-7-15(20)8-6-13/h5-8,11,14,16H,2-4,9-10,12H2,1H3,(H,21,25). The number of benzene rings is 1. The maximum Gasteiger partial charge on any atom is 0.323 e. The second kappa shape index (κ2) is 6.50. The molecule has 0 atom stereocenters. The van der Waals surface area contributed by atoms with Crippen LogP contribution >= 0.6 is 0 Å². The fraction of sp³-hybridized carbons (Fsp3) is 0.474. The maximum atomic E-state index is 13.1. The summed E-state index contributed by atoms with van der Waals surface area (Å²) in [6.45, 7) is 0.490. The number of nitrogens with zero attached hydrogens (tertiary/aromatic N) is 3. The van der Waals surface area contributed by atoms with Crippen molar-refractivity contribution in [1.82, 2.24) is 14.7 Å². The first-order valence-electron chi connectivity index (χ1n) is 8.96. The minimum Gasteiger partial charge on any atom is -0.317 e. The van der Waals surface area contributed by atoms with Gasteiger partial charge in [-0.2, -0.15) is 5.10 Å². The lowest BCUT2D eigenvalue weighted by molar-refractivity contribution is 0.206. The number of aryl methyl sites for hydroxylation is 1. The van der Waals surface area contributed by atoms with E-state index in [9.17, 15) is 9.18 Å². The molecule has 25 heavy (non-hydrogen) atoms. The van der Waals surface area contributed by atoms with E-state index in [1.807, 2.05) is 18.0 Å². The Morgan fingerprint density at radius 3 is 2.60 bits per heavy atom. The molecular formula is C19H23FN4O. The zero-order valence-corrected chi connectivity index (χ0v) is 14.4. The largest absolute Gasteiger partial charge is 0.323 e. The van der Waals surface area contributed by atoms with Crippen LogP contribution in [0.15, 0.2) is 30.3 Å². The van der Waals surface area contributed by atoms with E-state index in [-0.39, 0.29) is 17.9 Å². The van der Waals surface area contributed by atoms with Gasteiger partial charge in [0.25, 0.3) is 0 Å². The predicted molar refractivity (Wildman–Crippen MR) is 93.8 cm³/mol. The van der Waals surface area contributed by atoms with Crippen molar-refractivity contribution in [3.63, 3.8) is 0 Å². The maximum absolute atomic E-state index is 13.1. The van der Waals surface area contributed by atoms with E-state index in [2.05, 4.69) is 10.4 Å². The molecule has 0 aliphatic heterocycles. The Labute approximate surface area is 146 Å². The van der Waals surface area contributed by atoms with Crippen molar-refractivity contribution in [2.45, 2.75) is 50.6 Å². The van der Waals surface area contributed by atoms with Gasteiger partial charge in [0.15, 0.2) is 0 Å². The minimum atomic E-state index is -0.260. The number of halogens is 1. The summed E-state index contributed by atoms with van der Waals surface area (Å²) >= 11 is 0. The third-order valence-corrected chi connectivity index (χ3v) is 5.17. The van der Waals surface area contributed by atoms with Crippen molar-refractivity contribution in [2.75, 3.05) is 5.32 Å². The number of carbonyl (C=O) groups is 1. The highest BCUT2D eigenvalue weighted by molar-refractivity contribution is 5.89. The molecule has 2 aliphatic carbocycles.